The smallest absolute Gasteiger partial charge is 0.336 e. The third-order valence-corrected chi connectivity index (χ3v) is 6.58. The molecule has 0 aliphatic carbocycles. The molecule has 2 aromatic carbocycles. The molecular formula is C26H28FN3O3. The Balaban J connectivity index is 1.79. The van der Waals surface area contributed by atoms with Crippen LogP contribution in [0.4, 0.5) is 20.6 Å². The molecule has 2 heterocycles. The predicted molar refractivity (Wildman–Crippen MR) is 127 cm³/mol. The summed E-state index contributed by atoms with van der Waals surface area (Å²) in [4.78, 5) is 41.1. The first-order chi connectivity index (χ1) is 15.5. The van der Waals surface area contributed by atoms with Gasteiger partial charge in [-0.2, -0.15) is 0 Å². The number of anilines is 2. The van der Waals surface area contributed by atoms with Crippen molar-refractivity contribution < 1.29 is 18.8 Å². The van der Waals surface area contributed by atoms with Gasteiger partial charge in [-0.05, 0) is 87.1 Å². The number of halogens is 1. The zero-order valence-corrected chi connectivity index (χ0v) is 19.5. The maximum absolute atomic E-state index is 14.3. The molecule has 0 spiro atoms. The lowest BCUT2D eigenvalue weighted by atomic mass is 9.79. The van der Waals surface area contributed by atoms with Crippen LogP contribution in [0.2, 0.25) is 0 Å². The van der Waals surface area contributed by atoms with E-state index in [1.165, 1.54) is 24.3 Å². The lowest BCUT2D eigenvalue weighted by Crippen LogP contribution is -2.54. The van der Waals surface area contributed by atoms with Gasteiger partial charge in [0, 0.05) is 17.8 Å². The van der Waals surface area contributed by atoms with E-state index in [9.17, 15) is 18.8 Å². The number of carbonyl (C=O) groups excluding carboxylic acids is 3. The van der Waals surface area contributed by atoms with Crippen molar-refractivity contribution in [1.29, 1.82) is 0 Å². The molecule has 2 aromatic rings. The SMILES string of the molecule is CCN1c2cc(C)c(/C=C3\C(=O)NC(=O)N(c4ccccc4F)C3=O)cc2C(C)CC1(C)C. The molecule has 2 aliphatic heterocycles. The Labute approximate surface area is 193 Å². The predicted octanol–water partition coefficient (Wildman–Crippen LogP) is 4.91. The number of benzene rings is 2. The topological polar surface area (TPSA) is 69.7 Å². The summed E-state index contributed by atoms with van der Waals surface area (Å²) in [5, 5.41) is 2.16. The molecule has 1 atom stereocenters. The minimum atomic E-state index is -0.969. The number of fused-ring (bicyclic) bond motifs is 1. The first-order valence-electron chi connectivity index (χ1n) is 11.1. The van der Waals surface area contributed by atoms with Crippen LogP contribution in [-0.2, 0) is 9.59 Å². The number of imide groups is 2. The van der Waals surface area contributed by atoms with Crippen LogP contribution in [-0.4, -0.2) is 29.9 Å². The van der Waals surface area contributed by atoms with E-state index in [-0.39, 0.29) is 16.8 Å². The first-order valence-corrected chi connectivity index (χ1v) is 11.1. The fourth-order valence-electron chi connectivity index (χ4n) is 5.07. The zero-order chi connectivity index (χ0) is 24.1. The van der Waals surface area contributed by atoms with E-state index in [1.54, 1.807) is 0 Å². The monoisotopic (exact) mass is 449 g/mol. The fourth-order valence-corrected chi connectivity index (χ4v) is 5.07. The number of nitrogens with one attached hydrogen (secondary N) is 1. The van der Waals surface area contributed by atoms with Crippen LogP contribution in [0, 0.1) is 12.7 Å². The molecule has 6 nitrogen and oxygen atoms in total. The summed E-state index contributed by atoms with van der Waals surface area (Å²) in [7, 11) is 0. The Morgan fingerprint density at radius 2 is 1.85 bits per heavy atom. The maximum Gasteiger partial charge on any atom is 0.336 e. The summed E-state index contributed by atoms with van der Waals surface area (Å²) in [6.07, 6.45) is 2.47. The fraction of sp³-hybridized carbons (Fsp3) is 0.346. The van der Waals surface area contributed by atoms with Gasteiger partial charge >= 0.3 is 6.03 Å². The van der Waals surface area contributed by atoms with E-state index < -0.39 is 23.7 Å². The minimum Gasteiger partial charge on any atom is -0.366 e. The van der Waals surface area contributed by atoms with E-state index in [1.807, 2.05) is 13.0 Å². The minimum absolute atomic E-state index is 0.0213. The number of amides is 4. The molecule has 7 heteroatoms. The largest absolute Gasteiger partial charge is 0.366 e. The van der Waals surface area contributed by atoms with Gasteiger partial charge in [-0.25, -0.2) is 14.1 Å². The molecule has 0 radical (unpaired) electrons. The molecule has 1 N–H and O–H groups in total. The van der Waals surface area contributed by atoms with E-state index in [0.717, 1.165) is 41.4 Å². The molecular weight excluding hydrogens is 421 g/mol. The first kappa shape index (κ1) is 22.7. The lowest BCUT2D eigenvalue weighted by molar-refractivity contribution is -0.122. The van der Waals surface area contributed by atoms with Crippen LogP contribution in [0.5, 0.6) is 0 Å². The quantitative estimate of drug-likeness (QED) is 0.534. The highest BCUT2D eigenvalue weighted by Crippen LogP contribution is 2.44. The van der Waals surface area contributed by atoms with Crippen LogP contribution in [0.1, 0.15) is 56.7 Å². The number of hydrogen-bond donors (Lipinski definition) is 1. The van der Waals surface area contributed by atoms with Gasteiger partial charge in [-0.1, -0.05) is 19.1 Å². The summed E-state index contributed by atoms with van der Waals surface area (Å²) in [6, 6.07) is 8.61. The van der Waals surface area contributed by atoms with Crippen LogP contribution in [0.3, 0.4) is 0 Å². The summed E-state index contributed by atoms with van der Waals surface area (Å²) in [5.74, 6) is -2.08. The van der Waals surface area contributed by atoms with E-state index in [2.05, 4.69) is 44.0 Å². The van der Waals surface area contributed by atoms with Gasteiger partial charge in [0.15, 0.2) is 0 Å². The van der Waals surface area contributed by atoms with Gasteiger partial charge in [0.2, 0.25) is 0 Å². The van der Waals surface area contributed by atoms with Gasteiger partial charge in [-0.15, -0.1) is 0 Å². The standard InChI is InChI=1S/C26H28FN3O3/c1-6-29-22-11-15(2)17(12-18(22)16(3)14-26(29,4)5)13-19-23(31)28-25(33)30(24(19)32)21-10-8-7-9-20(21)27/h7-13,16H,6,14H2,1-5H3,(H,28,31,33)/b19-13+. The number of rotatable bonds is 3. The highest BCUT2D eigenvalue weighted by Gasteiger charge is 2.39. The van der Waals surface area contributed by atoms with Crippen LogP contribution >= 0.6 is 0 Å². The number of urea groups is 1. The molecule has 2 aliphatic rings. The normalized spacial score (nSPS) is 21.3. The van der Waals surface area contributed by atoms with Crippen molar-refractivity contribution >= 4 is 35.3 Å². The number of carbonyl (C=O) groups is 3. The van der Waals surface area contributed by atoms with Crippen molar-refractivity contribution in [2.45, 2.75) is 52.5 Å². The van der Waals surface area contributed by atoms with Crippen molar-refractivity contribution in [3.05, 3.63) is 64.5 Å². The Kier molecular flexibility index (Phi) is 5.60. The zero-order valence-electron chi connectivity index (χ0n) is 19.5. The molecule has 4 rings (SSSR count). The highest BCUT2D eigenvalue weighted by atomic mass is 19.1. The van der Waals surface area contributed by atoms with Gasteiger partial charge < -0.3 is 4.90 Å². The number of barbiturate groups is 1. The van der Waals surface area contributed by atoms with Crippen LogP contribution < -0.4 is 15.1 Å². The third kappa shape index (κ3) is 3.81. The Bertz CT molecular complexity index is 1200. The van der Waals surface area contributed by atoms with Gasteiger partial charge in [0.25, 0.3) is 11.8 Å². The molecule has 33 heavy (non-hydrogen) atoms. The summed E-state index contributed by atoms with van der Waals surface area (Å²) < 4.78 is 14.3. The van der Waals surface area contributed by atoms with Crippen molar-refractivity contribution in [3.63, 3.8) is 0 Å². The molecule has 0 aromatic heterocycles. The molecule has 1 saturated heterocycles. The van der Waals surface area contributed by atoms with Crippen molar-refractivity contribution in [2.75, 3.05) is 16.3 Å². The van der Waals surface area contributed by atoms with Crippen molar-refractivity contribution in [3.8, 4) is 0 Å². The summed E-state index contributed by atoms with van der Waals surface area (Å²) >= 11 is 0. The average Bonchev–Trinajstić information content (AvgIpc) is 2.72. The van der Waals surface area contributed by atoms with Gasteiger partial charge in [0.1, 0.15) is 11.4 Å². The van der Waals surface area contributed by atoms with Crippen molar-refractivity contribution in [1.82, 2.24) is 5.32 Å². The molecule has 172 valence electrons. The van der Waals surface area contributed by atoms with Gasteiger partial charge in [0.05, 0.1) is 5.69 Å². The highest BCUT2D eigenvalue weighted by molar-refractivity contribution is 6.39. The molecule has 0 saturated carbocycles. The number of aryl methyl sites for hydroxylation is 1. The Morgan fingerprint density at radius 3 is 2.52 bits per heavy atom. The molecule has 0 bridgehead atoms. The van der Waals surface area contributed by atoms with Crippen LogP contribution in [0.15, 0.2) is 42.0 Å². The average molecular weight is 450 g/mol. The van der Waals surface area contributed by atoms with E-state index >= 15 is 0 Å². The summed E-state index contributed by atoms with van der Waals surface area (Å²) in [6.45, 7) is 11.6. The van der Waals surface area contributed by atoms with Crippen LogP contribution in [0.25, 0.3) is 6.08 Å². The second kappa shape index (κ2) is 8.14. The van der Waals surface area contributed by atoms with E-state index in [0.29, 0.717) is 10.8 Å². The molecule has 1 fully saturated rings. The molecule has 4 amide bonds. The Morgan fingerprint density at radius 1 is 1.15 bits per heavy atom. The second-order valence-electron chi connectivity index (χ2n) is 9.34. The summed E-state index contributed by atoms with van der Waals surface area (Å²) in [5.41, 5.74) is 3.54. The number of hydrogen-bond acceptors (Lipinski definition) is 4. The molecule has 1 unspecified atom stereocenters. The third-order valence-electron chi connectivity index (χ3n) is 6.58. The second-order valence-corrected chi connectivity index (χ2v) is 9.34. The Hall–Kier alpha value is -3.48. The van der Waals surface area contributed by atoms with Gasteiger partial charge in [-0.3, -0.25) is 14.9 Å². The maximum atomic E-state index is 14.3. The van der Waals surface area contributed by atoms with E-state index in [4.69, 9.17) is 0 Å². The number of nitrogens with zero attached hydrogens (tertiary/aromatic N) is 2. The lowest BCUT2D eigenvalue weighted by Gasteiger charge is -2.47. The van der Waals surface area contributed by atoms with Crippen molar-refractivity contribution in [2.24, 2.45) is 0 Å². The number of para-hydroxylation sites is 1.